The van der Waals surface area contributed by atoms with Crippen LogP contribution in [-0.2, 0) is 9.16 Å². The molecular formula is C12H23BrO3Si. The summed E-state index contributed by atoms with van der Waals surface area (Å²) in [5.74, 6) is 0. The van der Waals surface area contributed by atoms with Gasteiger partial charge in [-0.25, -0.2) is 0 Å². The lowest BCUT2D eigenvalue weighted by molar-refractivity contribution is -0.0892. The van der Waals surface area contributed by atoms with Gasteiger partial charge in [0.15, 0.2) is 13.0 Å². The van der Waals surface area contributed by atoms with E-state index in [9.17, 15) is 5.11 Å². The fraction of sp³-hybridized carbons (Fsp3) is 0.833. The average molecular weight is 323 g/mol. The molecule has 0 aromatic carbocycles. The van der Waals surface area contributed by atoms with E-state index in [1.807, 2.05) is 6.92 Å². The van der Waals surface area contributed by atoms with Gasteiger partial charge >= 0.3 is 0 Å². The van der Waals surface area contributed by atoms with E-state index in [4.69, 9.17) is 9.16 Å². The van der Waals surface area contributed by atoms with E-state index in [1.54, 1.807) is 0 Å². The minimum absolute atomic E-state index is 0.0472. The molecule has 0 aliphatic carbocycles. The first kappa shape index (κ1) is 15.2. The van der Waals surface area contributed by atoms with Gasteiger partial charge in [-0.15, -0.1) is 0 Å². The molecule has 1 rings (SSSR count). The van der Waals surface area contributed by atoms with Crippen LogP contribution in [0.2, 0.25) is 18.1 Å². The van der Waals surface area contributed by atoms with Crippen molar-refractivity contribution in [3.05, 3.63) is 10.2 Å². The van der Waals surface area contributed by atoms with Crippen LogP contribution in [0.4, 0.5) is 0 Å². The highest BCUT2D eigenvalue weighted by Gasteiger charge is 2.41. The molecule has 0 radical (unpaired) electrons. The molecule has 2 atom stereocenters. The summed E-state index contributed by atoms with van der Waals surface area (Å²) in [6.07, 6.45) is -0.315. The van der Waals surface area contributed by atoms with Crippen molar-refractivity contribution in [1.29, 1.82) is 0 Å². The second-order valence-corrected chi connectivity index (χ2v) is 11.6. The summed E-state index contributed by atoms with van der Waals surface area (Å²) in [6, 6.07) is 0. The Morgan fingerprint density at radius 1 is 1.41 bits per heavy atom. The fourth-order valence-corrected chi connectivity index (χ4v) is 3.22. The molecule has 0 amide bonds. The van der Waals surface area contributed by atoms with Gasteiger partial charge in [0.1, 0.15) is 0 Å². The molecule has 0 aromatic rings. The lowest BCUT2D eigenvalue weighted by Crippen LogP contribution is -2.46. The predicted molar refractivity (Wildman–Crippen MR) is 75.4 cm³/mol. The zero-order valence-corrected chi connectivity index (χ0v) is 14.1. The Morgan fingerprint density at radius 3 is 2.41 bits per heavy atom. The molecule has 1 N–H and O–H groups in total. The van der Waals surface area contributed by atoms with Gasteiger partial charge in [0.25, 0.3) is 0 Å². The second-order valence-electron chi connectivity index (χ2n) is 6.13. The number of rotatable bonds is 2. The first-order valence-corrected chi connectivity index (χ1v) is 9.63. The van der Waals surface area contributed by atoms with Crippen LogP contribution < -0.4 is 0 Å². The standard InChI is InChI=1S/C12H23BrO3Si/c1-8-9(7-10(14)15-11(8)13)16-17(5,6)12(2,3)4/h9-10,14H,7H2,1-6H3. The first-order valence-electron chi connectivity index (χ1n) is 5.93. The number of hydrogen-bond donors (Lipinski definition) is 1. The molecular weight excluding hydrogens is 300 g/mol. The summed E-state index contributed by atoms with van der Waals surface area (Å²) in [7, 11) is -1.81. The molecule has 1 aliphatic heterocycles. The van der Waals surface area contributed by atoms with Gasteiger partial charge in [0.2, 0.25) is 6.29 Å². The molecule has 0 fully saturated rings. The first-order chi connectivity index (χ1) is 7.54. The molecule has 0 spiro atoms. The molecule has 0 aromatic heterocycles. The van der Waals surface area contributed by atoms with Crippen LogP contribution >= 0.6 is 15.9 Å². The smallest absolute Gasteiger partial charge is 0.200 e. The van der Waals surface area contributed by atoms with Crippen molar-refractivity contribution in [2.45, 2.75) is 64.6 Å². The molecule has 1 aliphatic rings. The molecule has 0 saturated heterocycles. The summed E-state index contributed by atoms with van der Waals surface area (Å²) in [6.45, 7) is 13.1. The van der Waals surface area contributed by atoms with Crippen LogP contribution in [0.5, 0.6) is 0 Å². The van der Waals surface area contributed by atoms with E-state index in [0.717, 1.165) is 5.57 Å². The van der Waals surface area contributed by atoms with Crippen LogP contribution in [0, 0.1) is 0 Å². The normalized spacial score (nSPS) is 27.1. The summed E-state index contributed by atoms with van der Waals surface area (Å²) in [5.41, 5.74) is 1.03. The van der Waals surface area contributed by atoms with Gasteiger partial charge in [0, 0.05) is 12.0 Å². The van der Waals surface area contributed by atoms with Crippen LogP contribution in [-0.4, -0.2) is 25.8 Å². The molecule has 3 nitrogen and oxygen atoms in total. The zero-order valence-electron chi connectivity index (χ0n) is 11.5. The van der Waals surface area contributed by atoms with Gasteiger partial charge in [-0.3, -0.25) is 0 Å². The highest BCUT2D eigenvalue weighted by Crippen LogP contribution is 2.40. The van der Waals surface area contributed by atoms with E-state index in [2.05, 4.69) is 49.8 Å². The van der Waals surface area contributed by atoms with E-state index < -0.39 is 14.6 Å². The van der Waals surface area contributed by atoms with E-state index in [1.165, 1.54) is 0 Å². The largest absolute Gasteiger partial charge is 0.458 e. The number of aliphatic hydroxyl groups excluding tert-OH is 1. The summed E-state index contributed by atoms with van der Waals surface area (Å²) < 4.78 is 12.1. The van der Waals surface area contributed by atoms with E-state index >= 15 is 0 Å². The van der Waals surface area contributed by atoms with Crippen LogP contribution in [0.3, 0.4) is 0 Å². The van der Waals surface area contributed by atoms with Crippen molar-refractivity contribution in [3.8, 4) is 0 Å². The van der Waals surface area contributed by atoms with Crippen LogP contribution in [0.25, 0.3) is 0 Å². The number of ether oxygens (including phenoxy) is 1. The Bertz CT molecular complexity index is 320. The lowest BCUT2D eigenvalue weighted by Gasteiger charge is -2.41. The van der Waals surface area contributed by atoms with Crippen molar-refractivity contribution >= 4 is 24.2 Å². The third kappa shape index (κ3) is 3.56. The predicted octanol–water partition coefficient (Wildman–Crippen LogP) is 3.74. The van der Waals surface area contributed by atoms with Crippen LogP contribution in [0.1, 0.15) is 34.1 Å². The minimum Gasteiger partial charge on any atom is -0.458 e. The monoisotopic (exact) mass is 322 g/mol. The Hall–Kier alpha value is 0.157. The summed E-state index contributed by atoms with van der Waals surface area (Å²) in [5, 5.41) is 9.79. The van der Waals surface area contributed by atoms with Gasteiger partial charge in [0.05, 0.1) is 6.10 Å². The maximum atomic E-state index is 9.62. The molecule has 1 heterocycles. The van der Waals surface area contributed by atoms with E-state index in [-0.39, 0.29) is 11.1 Å². The van der Waals surface area contributed by atoms with Gasteiger partial charge < -0.3 is 14.3 Å². The topological polar surface area (TPSA) is 38.7 Å². The number of hydrogen-bond acceptors (Lipinski definition) is 3. The third-order valence-corrected chi connectivity index (χ3v) is 8.99. The van der Waals surface area contributed by atoms with Gasteiger partial charge in [-0.2, -0.15) is 0 Å². The molecule has 17 heavy (non-hydrogen) atoms. The Morgan fingerprint density at radius 2 is 1.94 bits per heavy atom. The fourth-order valence-electron chi connectivity index (χ4n) is 1.42. The van der Waals surface area contributed by atoms with Crippen molar-refractivity contribution < 1.29 is 14.3 Å². The Labute approximate surface area is 113 Å². The second kappa shape index (κ2) is 5.03. The maximum Gasteiger partial charge on any atom is 0.200 e. The SMILES string of the molecule is CC1=C(Br)OC(O)CC1O[Si](C)(C)C(C)(C)C. The Kier molecular flexibility index (Phi) is 4.50. The highest BCUT2D eigenvalue weighted by atomic mass is 79.9. The van der Waals surface area contributed by atoms with Crippen molar-refractivity contribution in [2.75, 3.05) is 0 Å². The lowest BCUT2D eigenvalue weighted by atomic mass is 10.1. The van der Waals surface area contributed by atoms with Gasteiger partial charge in [-0.05, 0) is 41.0 Å². The zero-order chi connectivity index (χ0) is 13.4. The minimum atomic E-state index is -1.81. The quantitative estimate of drug-likeness (QED) is 0.787. The maximum absolute atomic E-state index is 9.62. The van der Waals surface area contributed by atoms with Crippen LogP contribution in [0.15, 0.2) is 10.2 Å². The summed E-state index contributed by atoms with van der Waals surface area (Å²) in [4.78, 5) is 0. The Balaban J connectivity index is 2.85. The van der Waals surface area contributed by atoms with Gasteiger partial charge in [-0.1, -0.05) is 20.8 Å². The number of halogens is 1. The average Bonchev–Trinajstić information content (AvgIpc) is 2.11. The molecule has 5 heteroatoms. The van der Waals surface area contributed by atoms with Crippen molar-refractivity contribution in [1.82, 2.24) is 0 Å². The third-order valence-electron chi connectivity index (χ3n) is 3.69. The van der Waals surface area contributed by atoms with E-state index in [0.29, 0.717) is 11.1 Å². The summed E-state index contributed by atoms with van der Waals surface area (Å²) >= 11 is 3.33. The molecule has 2 unspecified atom stereocenters. The van der Waals surface area contributed by atoms with Crippen molar-refractivity contribution in [2.24, 2.45) is 0 Å². The van der Waals surface area contributed by atoms with Crippen molar-refractivity contribution in [3.63, 3.8) is 0 Å². The molecule has 100 valence electrons. The molecule has 0 saturated carbocycles. The molecule has 0 bridgehead atoms. The number of aliphatic hydroxyl groups is 1. The highest BCUT2D eigenvalue weighted by molar-refractivity contribution is 9.11.